The summed E-state index contributed by atoms with van der Waals surface area (Å²) in [5, 5.41) is 5.74. The van der Waals surface area contributed by atoms with E-state index < -0.39 is 0 Å². The molecule has 1 saturated heterocycles. The Kier molecular flexibility index (Phi) is 5.37. The van der Waals surface area contributed by atoms with Crippen LogP contribution in [0.25, 0.3) is 10.8 Å². The van der Waals surface area contributed by atoms with Crippen molar-refractivity contribution >= 4 is 16.6 Å². The Labute approximate surface area is 178 Å². The number of piperidine rings is 1. The third-order valence-corrected chi connectivity index (χ3v) is 5.79. The number of ether oxygens (including phenoxy) is 1. The largest absolute Gasteiger partial charge is 0.457 e. The van der Waals surface area contributed by atoms with Gasteiger partial charge in [-0.15, -0.1) is 0 Å². The Balaban J connectivity index is 1.45. The second-order valence-electron chi connectivity index (χ2n) is 9.77. The average Bonchev–Trinajstić information content (AvgIpc) is 2.66. The summed E-state index contributed by atoms with van der Waals surface area (Å²) in [5.74, 6) is 2.10. The maximum atomic E-state index is 12.9. The highest BCUT2D eigenvalue weighted by atomic mass is 16.5. The molecule has 2 heterocycles. The standard InChI is InChI=1S/C26H30N2O2/c1-25(2)15-18(16-26(3,4)28-25)14-23(29)19-8-10-21(11-9-19)30-24-7-5-6-20-17-27-13-12-22(20)24/h5-13,17-18,28H,14-16H2,1-4H3. The summed E-state index contributed by atoms with van der Waals surface area (Å²) in [4.78, 5) is 17.1. The van der Waals surface area contributed by atoms with Crippen LogP contribution >= 0.6 is 0 Å². The van der Waals surface area contributed by atoms with Gasteiger partial charge in [0.1, 0.15) is 11.5 Å². The quantitative estimate of drug-likeness (QED) is 0.520. The highest BCUT2D eigenvalue weighted by Gasteiger charge is 2.38. The van der Waals surface area contributed by atoms with E-state index in [0.29, 0.717) is 12.3 Å². The molecule has 0 spiro atoms. The molecule has 0 amide bonds. The van der Waals surface area contributed by atoms with E-state index in [1.54, 1.807) is 6.20 Å². The molecule has 3 aromatic rings. The fourth-order valence-corrected chi connectivity index (χ4v) is 5.08. The second-order valence-corrected chi connectivity index (χ2v) is 9.77. The first-order chi connectivity index (χ1) is 14.2. The predicted octanol–water partition coefficient (Wildman–Crippen LogP) is 6.16. The van der Waals surface area contributed by atoms with E-state index in [-0.39, 0.29) is 16.9 Å². The number of carbonyl (C=O) groups excluding carboxylic acids is 1. The zero-order valence-corrected chi connectivity index (χ0v) is 18.2. The van der Waals surface area contributed by atoms with E-state index in [4.69, 9.17) is 4.74 Å². The van der Waals surface area contributed by atoms with Crippen LogP contribution in [0.1, 0.15) is 57.3 Å². The van der Waals surface area contributed by atoms with Crippen molar-refractivity contribution in [3.8, 4) is 11.5 Å². The van der Waals surface area contributed by atoms with E-state index in [1.807, 2.05) is 54.7 Å². The molecule has 0 bridgehead atoms. The van der Waals surface area contributed by atoms with Gasteiger partial charge in [0, 0.05) is 46.2 Å². The summed E-state index contributed by atoms with van der Waals surface area (Å²) in [7, 11) is 0. The summed E-state index contributed by atoms with van der Waals surface area (Å²) in [5.41, 5.74) is 0.857. The third-order valence-electron chi connectivity index (χ3n) is 5.79. The fraction of sp³-hybridized carbons (Fsp3) is 0.385. The molecule has 0 saturated carbocycles. The zero-order chi connectivity index (χ0) is 21.4. The van der Waals surface area contributed by atoms with Gasteiger partial charge < -0.3 is 10.1 Å². The molecule has 156 valence electrons. The number of aromatic nitrogens is 1. The van der Waals surface area contributed by atoms with Crippen molar-refractivity contribution < 1.29 is 9.53 Å². The van der Waals surface area contributed by atoms with Gasteiger partial charge in [-0.05, 0) is 82.9 Å². The van der Waals surface area contributed by atoms with Crippen LogP contribution in [-0.4, -0.2) is 21.8 Å². The average molecular weight is 403 g/mol. The minimum atomic E-state index is 0.0539. The molecular weight excluding hydrogens is 372 g/mol. The first kappa shape index (κ1) is 20.5. The normalized spacial score (nSPS) is 18.3. The summed E-state index contributed by atoms with van der Waals surface area (Å²) < 4.78 is 6.08. The number of carbonyl (C=O) groups is 1. The minimum absolute atomic E-state index is 0.0539. The lowest BCUT2D eigenvalue weighted by Gasteiger charge is -2.46. The van der Waals surface area contributed by atoms with Gasteiger partial charge in [0.2, 0.25) is 0 Å². The minimum Gasteiger partial charge on any atom is -0.457 e. The van der Waals surface area contributed by atoms with E-state index >= 15 is 0 Å². The summed E-state index contributed by atoms with van der Waals surface area (Å²) in [6.45, 7) is 8.89. The molecule has 4 heteroatoms. The molecule has 1 aliphatic heterocycles. The van der Waals surface area contributed by atoms with Crippen LogP contribution in [0.2, 0.25) is 0 Å². The first-order valence-corrected chi connectivity index (χ1v) is 10.6. The predicted molar refractivity (Wildman–Crippen MR) is 121 cm³/mol. The third kappa shape index (κ3) is 4.71. The Morgan fingerprint density at radius 1 is 1.03 bits per heavy atom. The Morgan fingerprint density at radius 2 is 1.73 bits per heavy atom. The zero-order valence-electron chi connectivity index (χ0n) is 18.2. The lowest BCUT2D eigenvalue weighted by atomic mass is 9.74. The van der Waals surface area contributed by atoms with Gasteiger partial charge in [0.15, 0.2) is 5.78 Å². The number of ketones is 1. The first-order valence-electron chi connectivity index (χ1n) is 10.6. The molecule has 1 aromatic heterocycles. The van der Waals surface area contributed by atoms with Gasteiger partial charge in [0.05, 0.1) is 0 Å². The van der Waals surface area contributed by atoms with Crippen LogP contribution in [0.4, 0.5) is 0 Å². The number of nitrogens with zero attached hydrogens (tertiary/aromatic N) is 1. The number of pyridine rings is 1. The molecule has 0 radical (unpaired) electrons. The van der Waals surface area contributed by atoms with Gasteiger partial charge in [-0.25, -0.2) is 0 Å². The Bertz CT molecular complexity index is 1030. The van der Waals surface area contributed by atoms with Gasteiger partial charge in [-0.2, -0.15) is 0 Å². The SMILES string of the molecule is CC1(C)CC(CC(=O)c2ccc(Oc3cccc4cnccc34)cc2)CC(C)(C)N1. The number of fused-ring (bicyclic) bond motifs is 1. The number of hydrogen-bond donors (Lipinski definition) is 1. The van der Waals surface area contributed by atoms with E-state index in [9.17, 15) is 4.79 Å². The van der Waals surface area contributed by atoms with Crippen molar-refractivity contribution in [3.63, 3.8) is 0 Å². The molecule has 30 heavy (non-hydrogen) atoms. The molecule has 0 aliphatic carbocycles. The van der Waals surface area contributed by atoms with Crippen molar-refractivity contribution in [3.05, 3.63) is 66.5 Å². The van der Waals surface area contributed by atoms with Crippen molar-refractivity contribution in [2.75, 3.05) is 0 Å². The lowest BCUT2D eigenvalue weighted by molar-refractivity contribution is 0.0864. The monoisotopic (exact) mass is 402 g/mol. The second kappa shape index (κ2) is 7.84. The van der Waals surface area contributed by atoms with Crippen LogP contribution in [0.3, 0.4) is 0 Å². The van der Waals surface area contributed by atoms with Gasteiger partial charge in [-0.3, -0.25) is 9.78 Å². The summed E-state index contributed by atoms with van der Waals surface area (Å²) >= 11 is 0. The molecule has 0 atom stereocenters. The fourth-order valence-electron chi connectivity index (χ4n) is 5.08. The van der Waals surface area contributed by atoms with Crippen LogP contribution in [0.5, 0.6) is 11.5 Å². The van der Waals surface area contributed by atoms with Gasteiger partial charge >= 0.3 is 0 Å². The molecule has 4 rings (SSSR count). The van der Waals surface area contributed by atoms with Crippen LogP contribution in [-0.2, 0) is 0 Å². The molecular formula is C26H30N2O2. The summed E-state index contributed by atoms with van der Waals surface area (Å²) in [6.07, 6.45) is 6.21. The van der Waals surface area contributed by atoms with Crippen LogP contribution in [0.15, 0.2) is 60.9 Å². The maximum Gasteiger partial charge on any atom is 0.163 e. The molecule has 1 aliphatic rings. The van der Waals surface area contributed by atoms with E-state index in [0.717, 1.165) is 40.7 Å². The van der Waals surface area contributed by atoms with E-state index in [2.05, 4.69) is 38.0 Å². The lowest BCUT2D eigenvalue weighted by Crippen LogP contribution is -2.57. The number of nitrogens with one attached hydrogen (secondary N) is 1. The molecule has 1 N–H and O–H groups in total. The molecule has 4 nitrogen and oxygen atoms in total. The van der Waals surface area contributed by atoms with Gasteiger partial charge in [-0.1, -0.05) is 12.1 Å². The molecule has 0 unspecified atom stereocenters. The maximum absolute atomic E-state index is 12.9. The number of benzene rings is 2. The highest BCUT2D eigenvalue weighted by molar-refractivity contribution is 5.96. The van der Waals surface area contributed by atoms with Crippen molar-refractivity contribution in [2.45, 2.75) is 58.0 Å². The van der Waals surface area contributed by atoms with Crippen LogP contribution in [0, 0.1) is 5.92 Å². The number of rotatable bonds is 5. The number of Topliss-reactive ketones (excluding diaryl/α,β-unsaturated/α-hetero) is 1. The summed E-state index contributed by atoms with van der Waals surface area (Å²) in [6, 6.07) is 15.4. The molecule has 2 aromatic carbocycles. The highest BCUT2D eigenvalue weighted by Crippen LogP contribution is 2.35. The Hall–Kier alpha value is -2.72. The Morgan fingerprint density at radius 3 is 2.43 bits per heavy atom. The van der Waals surface area contributed by atoms with Gasteiger partial charge in [0.25, 0.3) is 0 Å². The van der Waals surface area contributed by atoms with Crippen molar-refractivity contribution in [1.82, 2.24) is 10.3 Å². The molecule has 1 fully saturated rings. The van der Waals surface area contributed by atoms with Crippen LogP contribution < -0.4 is 10.1 Å². The van der Waals surface area contributed by atoms with Crippen molar-refractivity contribution in [1.29, 1.82) is 0 Å². The smallest absolute Gasteiger partial charge is 0.163 e. The van der Waals surface area contributed by atoms with Crippen molar-refractivity contribution in [2.24, 2.45) is 5.92 Å². The van der Waals surface area contributed by atoms with E-state index in [1.165, 1.54) is 0 Å². The number of hydrogen-bond acceptors (Lipinski definition) is 4. The topological polar surface area (TPSA) is 51.2 Å².